The molecule has 0 unspecified atom stereocenters. The van der Waals surface area contributed by atoms with Gasteiger partial charge in [-0.05, 0) is 45.3 Å². The Kier molecular flexibility index (Phi) is 5.94. The lowest BCUT2D eigenvalue weighted by Gasteiger charge is -2.06. The van der Waals surface area contributed by atoms with Crippen molar-refractivity contribution in [2.75, 3.05) is 0 Å². The minimum absolute atomic E-state index is 1.07. The van der Waals surface area contributed by atoms with Crippen molar-refractivity contribution in [3.05, 3.63) is 47.1 Å². The molecule has 0 atom stereocenters. The van der Waals surface area contributed by atoms with Gasteiger partial charge in [0.25, 0.3) is 0 Å². The Labute approximate surface area is 88.7 Å². The zero-order valence-corrected chi connectivity index (χ0v) is 10.1. The maximum atomic E-state index is 3.83. The zero-order valence-electron chi connectivity index (χ0n) is 10.1. The molecule has 78 valence electrons. The molecule has 0 saturated carbocycles. The summed E-state index contributed by atoms with van der Waals surface area (Å²) >= 11 is 0. The number of hydrogen-bond acceptors (Lipinski definition) is 0. The number of rotatable bonds is 4. The molecular formula is C14H22. The van der Waals surface area contributed by atoms with Gasteiger partial charge in [0.1, 0.15) is 0 Å². The lowest BCUT2D eigenvalue weighted by molar-refractivity contribution is 1.09. The summed E-state index contributed by atoms with van der Waals surface area (Å²) in [5, 5.41) is 0. The fourth-order valence-electron chi connectivity index (χ4n) is 1.28. The van der Waals surface area contributed by atoms with E-state index in [0.717, 1.165) is 6.42 Å². The van der Waals surface area contributed by atoms with E-state index in [1.165, 1.54) is 22.3 Å². The van der Waals surface area contributed by atoms with Crippen LogP contribution in [-0.4, -0.2) is 0 Å². The SMILES string of the molecule is C=CC(/C=C(CC)/C(C)=C\C)=C(C)C. The van der Waals surface area contributed by atoms with Gasteiger partial charge in [0.2, 0.25) is 0 Å². The maximum absolute atomic E-state index is 3.83. The number of hydrogen-bond donors (Lipinski definition) is 0. The third kappa shape index (κ3) is 3.78. The monoisotopic (exact) mass is 190 g/mol. The standard InChI is InChI=1S/C14H22/c1-7-12(6)14(9-3)10-13(8-2)11(4)5/h7-8,10H,2,9H2,1,3-6H3/b12-7-,14-10+. The van der Waals surface area contributed by atoms with E-state index >= 15 is 0 Å². The Morgan fingerprint density at radius 3 is 2.07 bits per heavy atom. The molecule has 0 heterocycles. The van der Waals surface area contributed by atoms with Gasteiger partial charge in [-0.2, -0.15) is 0 Å². The highest BCUT2D eigenvalue weighted by Crippen LogP contribution is 2.18. The third-order valence-electron chi connectivity index (χ3n) is 2.45. The molecule has 0 rings (SSSR count). The largest absolute Gasteiger partial charge is 0.0985 e. The van der Waals surface area contributed by atoms with Crippen molar-refractivity contribution < 1.29 is 0 Å². The highest BCUT2D eigenvalue weighted by Gasteiger charge is 1.98. The molecule has 0 nitrogen and oxygen atoms in total. The van der Waals surface area contributed by atoms with E-state index in [9.17, 15) is 0 Å². The quantitative estimate of drug-likeness (QED) is 0.558. The second kappa shape index (κ2) is 6.42. The van der Waals surface area contributed by atoms with Crippen LogP contribution < -0.4 is 0 Å². The van der Waals surface area contributed by atoms with Crippen molar-refractivity contribution in [1.29, 1.82) is 0 Å². The Bertz CT molecular complexity index is 281. The molecular weight excluding hydrogens is 168 g/mol. The van der Waals surface area contributed by atoms with Crippen LogP contribution in [0.1, 0.15) is 41.0 Å². The average Bonchev–Trinajstić information content (AvgIpc) is 2.18. The normalized spacial score (nSPS) is 12.6. The molecule has 0 spiro atoms. The van der Waals surface area contributed by atoms with Gasteiger partial charge >= 0.3 is 0 Å². The maximum Gasteiger partial charge on any atom is -0.0273 e. The molecule has 0 aliphatic rings. The van der Waals surface area contributed by atoms with Gasteiger partial charge in [-0.15, -0.1) is 0 Å². The van der Waals surface area contributed by atoms with Gasteiger partial charge < -0.3 is 0 Å². The van der Waals surface area contributed by atoms with Crippen LogP contribution in [0.5, 0.6) is 0 Å². The second-order valence-electron chi connectivity index (χ2n) is 3.65. The van der Waals surface area contributed by atoms with E-state index in [4.69, 9.17) is 0 Å². The van der Waals surface area contributed by atoms with Crippen LogP contribution in [0.2, 0.25) is 0 Å². The van der Waals surface area contributed by atoms with Crippen LogP contribution in [0.15, 0.2) is 47.1 Å². The molecule has 0 bridgehead atoms. The Hall–Kier alpha value is -1.04. The lowest BCUT2D eigenvalue weighted by Crippen LogP contribution is -1.86. The summed E-state index contributed by atoms with van der Waals surface area (Å²) < 4.78 is 0. The van der Waals surface area contributed by atoms with Crippen LogP contribution in [-0.2, 0) is 0 Å². The van der Waals surface area contributed by atoms with E-state index in [-0.39, 0.29) is 0 Å². The smallest absolute Gasteiger partial charge is 0.0273 e. The van der Waals surface area contributed by atoms with Gasteiger partial charge in [0, 0.05) is 0 Å². The summed E-state index contributed by atoms with van der Waals surface area (Å²) in [6, 6.07) is 0. The third-order valence-corrected chi connectivity index (χ3v) is 2.45. The Morgan fingerprint density at radius 2 is 1.79 bits per heavy atom. The van der Waals surface area contributed by atoms with Crippen LogP contribution in [0, 0.1) is 0 Å². The summed E-state index contributed by atoms with van der Waals surface area (Å²) in [5.41, 5.74) is 5.30. The summed E-state index contributed by atoms with van der Waals surface area (Å²) in [7, 11) is 0. The molecule has 0 N–H and O–H groups in total. The minimum atomic E-state index is 1.07. The predicted molar refractivity (Wildman–Crippen MR) is 66.4 cm³/mol. The second-order valence-corrected chi connectivity index (χ2v) is 3.65. The first-order valence-corrected chi connectivity index (χ1v) is 5.20. The molecule has 0 heteroatoms. The fourth-order valence-corrected chi connectivity index (χ4v) is 1.28. The molecule has 0 fully saturated rings. The van der Waals surface area contributed by atoms with Crippen molar-refractivity contribution in [2.45, 2.75) is 41.0 Å². The highest BCUT2D eigenvalue weighted by molar-refractivity contribution is 5.41. The van der Waals surface area contributed by atoms with E-state index < -0.39 is 0 Å². The summed E-state index contributed by atoms with van der Waals surface area (Å²) in [6.45, 7) is 14.5. The summed E-state index contributed by atoms with van der Waals surface area (Å²) in [5.74, 6) is 0. The topological polar surface area (TPSA) is 0 Å². The molecule has 0 aromatic carbocycles. The van der Waals surface area contributed by atoms with Crippen LogP contribution in [0.3, 0.4) is 0 Å². The van der Waals surface area contributed by atoms with Gasteiger partial charge in [0.15, 0.2) is 0 Å². The highest BCUT2D eigenvalue weighted by atomic mass is 14.0. The van der Waals surface area contributed by atoms with Crippen molar-refractivity contribution in [3.8, 4) is 0 Å². The summed E-state index contributed by atoms with van der Waals surface area (Å²) in [4.78, 5) is 0. The molecule has 0 radical (unpaired) electrons. The molecule has 14 heavy (non-hydrogen) atoms. The fraction of sp³-hybridized carbons (Fsp3) is 0.429. The van der Waals surface area contributed by atoms with Gasteiger partial charge in [0.05, 0.1) is 0 Å². The minimum Gasteiger partial charge on any atom is -0.0985 e. The molecule has 0 aromatic rings. The van der Waals surface area contributed by atoms with Crippen LogP contribution in [0.25, 0.3) is 0 Å². The molecule has 0 amide bonds. The Morgan fingerprint density at radius 1 is 1.21 bits per heavy atom. The van der Waals surface area contributed by atoms with Gasteiger partial charge in [-0.25, -0.2) is 0 Å². The van der Waals surface area contributed by atoms with E-state index in [2.05, 4.69) is 53.3 Å². The van der Waals surface area contributed by atoms with E-state index in [1.807, 2.05) is 6.08 Å². The van der Waals surface area contributed by atoms with Crippen molar-refractivity contribution in [1.82, 2.24) is 0 Å². The van der Waals surface area contributed by atoms with Gasteiger partial charge in [-0.3, -0.25) is 0 Å². The van der Waals surface area contributed by atoms with Crippen molar-refractivity contribution >= 4 is 0 Å². The lowest BCUT2D eigenvalue weighted by atomic mass is 10.00. The number of allylic oxidation sites excluding steroid dienone is 7. The molecule has 0 aliphatic heterocycles. The first-order chi connectivity index (χ1) is 6.56. The zero-order chi connectivity index (χ0) is 11.1. The van der Waals surface area contributed by atoms with Crippen molar-refractivity contribution in [2.24, 2.45) is 0 Å². The molecule has 0 aliphatic carbocycles. The predicted octanol–water partition coefficient (Wildman–Crippen LogP) is 4.81. The van der Waals surface area contributed by atoms with Crippen LogP contribution in [0.4, 0.5) is 0 Å². The van der Waals surface area contributed by atoms with Crippen molar-refractivity contribution in [3.63, 3.8) is 0 Å². The van der Waals surface area contributed by atoms with E-state index in [1.54, 1.807) is 0 Å². The first-order valence-electron chi connectivity index (χ1n) is 5.20. The van der Waals surface area contributed by atoms with Gasteiger partial charge in [-0.1, -0.05) is 42.9 Å². The Balaban J connectivity index is 5.12. The first kappa shape index (κ1) is 13.0. The molecule has 0 aromatic heterocycles. The summed E-state index contributed by atoms with van der Waals surface area (Å²) in [6.07, 6.45) is 7.38. The average molecular weight is 190 g/mol. The molecule has 0 saturated heterocycles. The van der Waals surface area contributed by atoms with Crippen LogP contribution >= 0.6 is 0 Å². The van der Waals surface area contributed by atoms with E-state index in [0.29, 0.717) is 0 Å².